The summed E-state index contributed by atoms with van der Waals surface area (Å²) in [5, 5.41) is 11.6. The topological polar surface area (TPSA) is 82.5 Å². The molecule has 116 valence electrons. The van der Waals surface area contributed by atoms with Gasteiger partial charge in [-0.15, -0.1) is 11.3 Å². The number of anilines is 1. The molecule has 2 aromatic rings. The van der Waals surface area contributed by atoms with Gasteiger partial charge in [0.2, 0.25) is 5.95 Å². The van der Waals surface area contributed by atoms with Crippen molar-refractivity contribution in [2.45, 2.75) is 13.0 Å². The van der Waals surface area contributed by atoms with Crippen LogP contribution < -0.4 is 4.90 Å². The van der Waals surface area contributed by atoms with E-state index in [1.807, 2.05) is 11.4 Å². The van der Waals surface area contributed by atoms with Gasteiger partial charge < -0.3 is 10.0 Å². The van der Waals surface area contributed by atoms with E-state index in [-0.39, 0.29) is 6.42 Å². The van der Waals surface area contributed by atoms with Gasteiger partial charge in [0.25, 0.3) is 0 Å². The minimum Gasteiger partial charge on any atom is -0.481 e. The van der Waals surface area contributed by atoms with E-state index in [1.165, 1.54) is 11.3 Å². The first-order valence-corrected chi connectivity index (χ1v) is 7.98. The lowest BCUT2D eigenvalue weighted by Crippen LogP contribution is -2.46. The van der Waals surface area contributed by atoms with Gasteiger partial charge in [0, 0.05) is 44.0 Å². The third-order valence-electron chi connectivity index (χ3n) is 3.50. The molecule has 8 heteroatoms. The molecule has 0 bridgehead atoms. The summed E-state index contributed by atoms with van der Waals surface area (Å²) in [5.74, 6) is -0.0616. The van der Waals surface area contributed by atoms with Gasteiger partial charge in [-0.2, -0.15) is 0 Å². The zero-order valence-electron chi connectivity index (χ0n) is 12.1. The van der Waals surface area contributed by atoms with E-state index in [2.05, 4.69) is 24.8 Å². The van der Waals surface area contributed by atoms with Crippen LogP contribution in [0.5, 0.6) is 0 Å². The summed E-state index contributed by atoms with van der Waals surface area (Å²) in [6, 6.07) is 1.82. The van der Waals surface area contributed by atoms with Crippen LogP contribution >= 0.6 is 11.3 Å². The first kappa shape index (κ1) is 14.9. The minimum atomic E-state index is -0.840. The van der Waals surface area contributed by atoms with Crippen LogP contribution in [0, 0.1) is 0 Å². The molecule has 0 saturated carbocycles. The molecule has 3 heterocycles. The minimum absolute atomic E-state index is 0.00434. The van der Waals surface area contributed by atoms with Crippen molar-refractivity contribution in [2.75, 3.05) is 31.1 Å². The van der Waals surface area contributed by atoms with Crippen LogP contribution in [-0.2, 0) is 17.8 Å². The molecular weight excluding hydrogens is 302 g/mol. The highest BCUT2D eigenvalue weighted by molar-refractivity contribution is 7.09. The second-order valence-corrected chi connectivity index (χ2v) is 6.06. The average molecular weight is 319 g/mol. The quantitative estimate of drug-likeness (QED) is 0.876. The van der Waals surface area contributed by atoms with E-state index in [0.29, 0.717) is 5.69 Å². The van der Waals surface area contributed by atoms with Crippen LogP contribution in [0.2, 0.25) is 0 Å². The van der Waals surface area contributed by atoms with Crippen LogP contribution in [0.4, 0.5) is 5.95 Å². The summed E-state index contributed by atoms with van der Waals surface area (Å²) in [4.78, 5) is 28.1. The van der Waals surface area contributed by atoms with Gasteiger partial charge in [-0.25, -0.2) is 15.0 Å². The fourth-order valence-corrected chi connectivity index (χ4v) is 3.24. The van der Waals surface area contributed by atoms with Gasteiger partial charge >= 0.3 is 5.97 Å². The van der Waals surface area contributed by atoms with Crippen molar-refractivity contribution >= 4 is 23.3 Å². The first-order valence-electron chi connectivity index (χ1n) is 7.10. The van der Waals surface area contributed by atoms with Gasteiger partial charge in [0.1, 0.15) is 5.01 Å². The standard InChI is InChI=1S/C14H17N5O2S/c20-13(21)8-11-10-22-12(17-11)9-18-4-6-19(7-5-18)14-15-2-1-3-16-14/h1-3,10H,4-9H2,(H,20,21). The SMILES string of the molecule is O=C(O)Cc1csc(CN2CCN(c3ncccn3)CC2)n1. The molecule has 1 N–H and O–H groups in total. The van der Waals surface area contributed by atoms with Gasteiger partial charge in [0.15, 0.2) is 0 Å². The summed E-state index contributed by atoms with van der Waals surface area (Å²) in [5.41, 5.74) is 0.642. The maximum Gasteiger partial charge on any atom is 0.309 e. The number of hydrogen-bond acceptors (Lipinski definition) is 7. The molecule has 0 spiro atoms. The van der Waals surface area contributed by atoms with Crippen LogP contribution in [0.25, 0.3) is 0 Å². The second kappa shape index (κ2) is 6.80. The number of nitrogens with zero attached hydrogens (tertiary/aromatic N) is 5. The Kier molecular flexibility index (Phi) is 4.59. The van der Waals surface area contributed by atoms with Gasteiger partial charge in [-0.05, 0) is 6.07 Å². The van der Waals surface area contributed by atoms with E-state index in [9.17, 15) is 4.79 Å². The number of piperazine rings is 1. The molecule has 0 radical (unpaired) electrons. The third-order valence-corrected chi connectivity index (χ3v) is 4.38. The average Bonchev–Trinajstić information content (AvgIpc) is 2.95. The highest BCUT2D eigenvalue weighted by Gasteiger charge is 2.19. The lowest BCUT2D eigenvalue weighted by molar-refractivity contribution is -0.136. The molecule has 1 fully saturated rings. The molecular formula is C14H17N5O2S. The molecule has 0 unspecified atom stereocenters. The zero-order valence-corrected chi connectivity index (χ0v) is 12.9. The predicted molar refractivity (Wildman–Crippen MR) is 83.0 cm³/mol. The number of carboxylic acid groups (broad SMARTS) is 1. The van der Waals surface area contributed by atoms with E-state index in [4.69, 9.17) is 5.11 Å². The zero-order chi connectivity index (χ0) is 15.4. The molecule has 7 nitrogen and oxygen atoms in total. The highest BCUT2D eigenvalue weighted by atomic mass is 32.1. The molecule has 2 aromatic heterocycles. The van der Waals surface area contributed by atoms with Crippen LogP contribution in [0.1, 0.15) is 10.7 Å². The second-order valence-electron chi connectivity index (χ2n) is 5.12. The summed E-state index contributed by atoms with van der Waals surface area (Å²) in [7, 11) is 0. The lowest BCUT2D eigenvalue weighted by Gasteiger charge is -2.34. The summed E-state index contributed by atoms with van der Waals surface area (Å²) in [6.07, 6.45) is 3.51. The first-order chi connectivity index (χ1) is 10.7. The Bertz CT molecular complexity index is 625. The highest BCUT2D eigenvalue weighted by Crippen LogP contribution is 2.15. The lowest BCUT2D eigenvalue weighted by atomic mass is 10.3. The number of aromatic nitrogens is 3. The van der Waals surface area contributed by atoms with Gasteiger partial charge in [-0.3, -0.25) is 9.69 Å². The predicted octanol–water partition coefficient (Wildman–Crippen LogP) is 0.882. The number of carboxylic acids is 1. The largest absolute Gasteiger partial charge is 0.481 e. The molecule has 0 amide bonds. The molecule has 3 rings (SSSR count). The smallest absolute Gasteiger partial charge is 0.309 e. The maximum absolute atomic E-state index is 10.7. The summed E-state index contributed by atoms with van der Waals surface area (Å²) in [6.45, 7) is 4.39. The van der Waals surface area contributed by atoms with Crippen LogP contribution in [-0.4, -0.2) is 57.1 Å². The van der Waals surface area contributed by atoms with Crippen LogP contribution in [0.3, 0.4) is 0 Å². The monoisotopic (exact) mass is 319 g/mol. The number of hydrogen-bond donors (Lipinski definition) is 1. The van der Waals surface area contributed by atoms with Crippen LogP contribution in [0.15, 0.2) is 23.8 Å². The molecule has 22 heavy (non-hydrogen) atoms. The Morgan fingerprint density at radius 1 is 1.23 bits per heavy atom. The molecule has 0 aliphatic carbocycles. The van der Waals surface area contributed by atoms with Crippen molar-refractivity contribution < 1.29 is 9.90 Å². The Balaban J connectivity index is 1.51. The Labute approximate surface area is 132 Å². The molecule has 1 aliphatic heterocycles. The molecule has 1 aliphatic rings. The molecule has 0 atom stereocenters. The number of carbonyl (C=O) groups is 1. The van der Waals surface area contributed by atoms with E-state index >= 15 is 0 Å². The van der Waals surface area contributed by atoms with E-state index < -0.39 is 5.97 Å². The Hall–Kier alpha value is -2.06. The van der Waals surface area contributed by atoms with E-state index in [1.54, 1.807) is 12.4 Å². The van der Waals surface area contributed by atoms with Crippen molar-refractivity contribution in [1.82, 2.24) is 19.9 Å². The molecule has 1 saturated heterocycles. The maximum atomic E-state index is 10.7. The fourth-order valence-electron chi connectivity index (χ4n) is 2.41. The normalized spacial score (nSPS) is 15.9. The van der Waals surface area contributed by atoms with Crippen molar-refractivity contribution in [3.8, 4) is 0 Å². The number of aliphatic carboxylic acids is 1. The van der Waals surface area contributed by atoms with Gasteiger partial charge in [-0.1, -0.05) is 0 Å². The van der Waals surface area contributed by atoms with E-state index in [0.717, 1.165) is 43.7 Å². The summed E-state index contributed by atoms with van der Waals surface area (Å²) >= 11 is 1.53. The summed E-state index contributed by atoms with van der Waals surface area (Å²) < 4.78 is 0. The molecule has 0 aromatic carbocycles. The van der Waals surface area contributed by atoms with Crippen molar-refractivity contribution in [1.29, 1.82) is 0 Å². The van der Waals surface area contributed by atoms with Crippen molar-refractivity contribution in [2.24, 2.45) is 0 Å². The number of thiazole rings is 1. The van der Waals surface area contributed by atoms with Gasteiger partial charge in [0.05, 0.1) is 18.7 Å². The Morgan fingerprint density at radius 3 is 2.64 bits per heavy atom. The third kappa shape index (κ3) is 3.77. The number of rotatable bonds is 5. The Morgan fingerprint density at radius 2 is 1.95 bits per heavy atom. The van der Waals surface area contributed by atoms with Crippen molar-refractivity contribution in [3.05, 3.63) is 34.5 Å². The van der Waals surface area contributed by atoms with Crippen molar-refractivity contribution in [3.63, 3.8) is 0 Å². The fraction of sp³-hybridized carbons (Fsp3) is 0.429.